The van der Waals surface area contributed by atoms with Crippen molar-refractivity contribution in [1.82, 2.24) is 35.6 Å². The number of aromatic nitrogens is 5. The average molecular weight is 590 g/mol. The maximum Gasteiger partial charge on any atom is 0.292 e. The number of ether oxygens (including phenoxy) is 2. The largest absolute Gasteiger partial charge is 0.488 e. The summed E-state index contributed by atoms with van der Waals surface area (Å²) in [6.45, 7) is 3.36. The van der Waals surface area contributed by atoms with Crippen LogP contribution in [0.2, 0.25) is 0 Å². The summed E-state index contributed by atoms with van der Waals surface area (Å²) in [4.78, 5) is 15.5. The van der Waals surface area contributed by atoms with Crippen molar-refractivity contribution in [3.8, 4) is 11.6 Å². The summed E-state index contributed by atoms with van der Waals surface area (Å²) >= 11 is 0. The van der Waals surface area contributed by atoms with Crippen molar-refractivity contribution >= 4 is 41.1 Å². The zero-order valence-corrected chi connectivity index (χ0v) is 23.2. The summed E-state index contributed by atoms with van der Waals surface area (Å²) in [5.41, 5.74) is 10.8. The molecule has 3 heterocycles. The number of nitrogens with zero attached hydrogens (tertiary/aromatic N) is 7. The first-order valence-corrected chi connectivity index (χ1v) is 13.0. The third-order valence-corrected chi connectivity index (χ3v) is 6.68. The van der Waals surface area contributed by atoms with Crippen LogP contribution in [0.15, 0.2) is 76.5 Å². The molecular weight excluding hydrogens is 562 g/mol. The molecule has 42 heavy (non-hydrogen) atoms. The van der Waals surface area contributed by atoms with Crippen LogP contribution in [0.4, 0.5) is 5.82 Å². The van der Waals surface area contributed by atoms with E-state index in [4.69, 9.17) is 19.8 Å². The van der Waals surface area contributed by atoms with Gasteiger partial charge in [-0.3, -0.25) is 9.69 Å². The zero-order valence-electron chi connectivity index (χ0n) is 22.4. The highest BCUT2D eigenvalue weighted by Crippen LogP contribution is 2.23. The van der Waals surface area contributed by atoms with Crippen molar-refractivity contribution in [2.45, 2.75) is 13.2 Å². The number of hydrogen-bond acceptors (Lipinski definition) is 11. The van der Waals surface area contributed by atoms with E-state index in [9.17, 15) is 4.79 Å². The quantitative estimate of drug-likeness (QED) is 0.193. The standard InChI is InChI=1S/C28H27N9O4.ClH/c29-26-27(34-41-33-26)37-25(23(31-35-37)17-36-12-14-39-15-13-36)28(38)32-30-16-20-7-2-4-11-24(20)40-18-21-9-5-8-19-6-1-3-10-22(19)21;/h1-11,16H,12-15,17-18H2,(H2,29,33)(H,32,38);1H/b30-16+;. The molecule has 216 valence electrons. The van der Waals surface area contributed by atoms with Gasteiger partial charge in [-0.25, -0.2) is 10.1 Å². The normalized spacial score (nSPS) is 13.7. The molecule has 1 fully saturated rings. The molecule has 0 aliphatic carbocycles. The average Bonchev–Trinajstić information content (AvgIpc) is 3.62. The van der Waals surface area contributed by atoms with Gasteiger partial charge in [-0.05, 0) is 38.8 Å². The van der Waals surface area contributed by atoms with Gasteiger partial charge in [0.1, 0.15) is 18.1 Å². The number of rotatable bonds is 9. The summed E-state index contributed by atoms with van der Waals surface area (Å²) in [6, 6.07) is 21.8. The number of fused-ring (bicyclic) bond motifs is 1. The molecule has 0 spiro atoms. The highest BCUT2D eigenvalue weighted by molar-refractivity contribution is 5.95. The van der Waals surface area contributed by atoms with Crippen molar-refractivity contribution in [3.63, 3.8) is 0 Å². The van der Waals surface area contributed by atoms with Gasteiger partial charge in [-0.15, -0.1) is 17.5 Å². The van der Waals surface area contributed by atoms with E-state index in [1.165, 1.54) is 10.9 Å². The Bertz CT molecular complexity index is 1690. The third kappa shape index (κ3) is 6.22. The number of anilines is 1. The third-order valence-electron chi connectivity index (χ3n) is 6.68. The number of nitrogen functional groups attached to an aromatic ring is 1. The van der Waals surface area contributed by atoms with Gasteiger partial charge in [-0.2, -0.15) is 9.78 Å². The van der Waals surface area contributed by atoms with Crippen molar-refractivity contribution in [2.24, 2.45) is 5.10 Å². The molecule has 1 saturated heterocycles. The second-order valence-corrected chi connectivity index (χ2v) is 9.32. The molecule has 14 heteroatoms. The van der Waals surface area contributed by atoms with E-state index in [1.807, 2.05) is 48.5 Å². The summed E-state index contributed by atoms with van der Waals surface area (Å²) in [5, 5.41) is 22.2. The Morgan fingerprint density at radius 3 is 2.67 bits per heavy atom. The smallest absolute Gasteiger partial charge is 0.292 e. The van der Waals surface area contributed by atoms with Crippen LogP contribution in [0.3, 0.4) is 0 Å². The Hall–Kier alpha value is -4.85. The molecule has 1 aliphatic heterocycles. The Morgan fingerprint density at radius 2 is 1.83 bits per heavy atom. The van der Waals surface area contributed by atoms with Gasteiger partial charge in [0.25, 0.3) is 5.91 Å². The molecule has 5 aromatic rings. The molecule has 3 aromatic carbocycles. The number of nitrogens with one attached hydrogen (secondary N) is 1. The van der Waals surface area contributed by atoms with Crippen LogP contribution in [0.25, 0.3) is 16.6 Å². The molecule has 2 aromatic heterocycles. The van der Waals surface area contributed by atoms with Gasteiger partial charge in [0.05, 0.1) is 19.4 Å². The van der Waals surface area contributed by atoms with E-state index >= 15 is 0 Å². The first-order chi connectivity index (χ1) is 20.2. The van der Waals surface area contributed by atoms with Crippen LogP contribution in [0.1, 0.15) is 27.3 Å². The fourth-order valence-corrected chi connectivity index (χ4v) is 4.61. The highest BCUT2D eigenvalue weighted by atomic mass is 35.5. The molecule has 0 radical (unpaired) electrons. The number of para-hydroxylation sites is 1. The fraction of sp³-hybridized carbons (Fsp3) is 0.214. The van der Waals surface area contributed by atoms with E-state index in [0.717, 1.165) is 16.3 Å². The molecule has 1 aliphatic rings. The predicted molar refractivity (Wildman–Crippen MR) is 157 cm³/mol. The van der Waals surface area contributed by atoms with Crippen LogP contribution >= 0.6 is 12.4 Å². The molecule has 13 nitrogen and oxygen atoms in total. The van der Waals surface area contributed by atoms with E-state index in [1.54, 1.807) is 0 Å². The SMILES string of the molecule is Cl.Nc1nonc1-n1nnc(CN2CCOCC2)c1C(=O)N/N=C/c1ccccc1OCc1cccc2ccccc12. The number of amides is 1. The molecule has 1 amide bonds. The summed E-state index contributed by atoms with van der Waals surface area (Å²) in [6.07, 6.45) is 1.53. The lowest BCUT2D eigenvalue weighted by molar-refractivity contribution is 0.0335. The molecule has 0 unspecified atom stereocenters. The Kier molecular flexibility index (Phi) is 9.02. The number of benzene rings is 3. The van der Waals surface area contributed by atoms with E-state index in [-0.39, 0.29) is 29.7 Å². The first-order valence-electron chi connectivity index (χ1n) is 13.0. The van der Waals surface area contributed by atoms with Crippen molar-refractivity contribution < 1.29 is 18.9 Å². The van der Waals surface area contributed by atoms with E-state index in [0.29, 0.717) is 56.5 Å². The Balaban J connectivity index is 0.00000353. The van der Waals surface area contributed by atoms with Crippen molar-refractivity contribution in [3.05, 3.63) is 89.2 Å². The van der Waals surface area contributed by atoms with Gasteiger partial charge < -0.3 is 15.2 Å². The second kappa shape index (κ2) is 13.2. The van der Waals surface area contributed by atoms with Crippen molar-refractivity contribution in [1.29, 1.82) is 0 Å². The predicted octanol–water partition coefficient (Wildman–Crippen LogP) is 2.98. The van der Waals surface area contributed by atoms with Crippen molar-refractivity contribution in [2.75, 3.05) is 32.0 Å². The number of carbonyl (C=O) groups is 1. The minimum atomic E-state index is -0.550. The monoisotopic (exact) mass is 589 g/mol. The lowest BCUT2D eigenvalue weighted by atomic mass is 10.1. The number of hydrazone groups is 1. The van der Waals surface area contributed by atoms with Crippen LogP contribution in [0, 0.1) is 0 Å². The first kappa shape index (κ1) is 28.7. The maximum absolute atomic E-state index is 13.4. The molecule has 0 bridgehead atoms. The van der Waals surface area contributed by atoms with Gasteiger partial charge in [0.15, 0.2) is 5.69 Å². The number of morpholine rings is 1. The number of halogens is 1. The topological polar surface area (TPSA) is 159 Å². The molecule has 6 rings (SSSR count). The summed E-state index contributed by atoms with van der Waals surface area (Å²) < 4.78 is 17.5. The second-order valence-electron chi connectivity index (χ2n) is 9.32. The molecule has 0 saturated carbocycles. The zero-order chi connectivity index (χ0) is 28.0. The van der Waals surface area contributed by atoms with Crippen LogP contribution in [0.5, 0.6) is 5.75 Å². The lowest BCUT2D eigenvalue weighted by Crippen LogP contribution is -2.36. The summed E-state index contributed by atoms with van der Waals surface area (Å²) in [5.74, 6) is 0.111. The van der Waals surface area contributed by atoms with Gasteiger partial charge >= 0.3 is 0 Å². The molecule has 3 N–H and O–H groups in total. The van der Waals surface area contributed by atoms with Crippen LogP contribution in [-0.2, 0) is 17.9 Å². The lowest BCUT2D eigenvalue weighted by Gasteiger charge is -2.25. The minimum Gasteiger partial charge on any atom is -0.488 e. The number of nitrogens with two attached hydrogens (primary N) is 1. The van der Waals surface area contributed by atoms with E-state index < -0.39 is 5.91 Å². The summed E-state index contributed by atoms with van der Waals surface area (Å²) in [7, 11) is 0. The number of hydrogen-bond donors (Lipinski definition) is 2. The fourth-order valence-electron chi connectivity index (χ4n) is 4.61. The van der Waals surface area contributed by atoms with Gasteiger partial charge in [-0.1, -0.05) is 59.8 Å². The van der Waals surface area contributed by atoms with Gasteiger partial charge in [0.2, 0.25) is 11.6 Å². The van der Waals surface area contributed by atoms with E-state index in [2.05, 4.69) is 54.3 Å². The minimum absolute atomic E-state index is 0. The van der Waals surface area contributed by atoms with Gasteiger partial charge in [0, 0.05) is 25.2 Å². The molecular formula is C28H28ClN9O4. The Morgan fingerprint density at radius 1 is 1.05 bits per heavy atom. The maximum atomic E-state index is 13.4. The highest BCUT2D eigenvalue weighted by Gasteiger charge is 2.26. The molecule has 0 atom stereocenters. The van der Waals surface area contributed by atoms with Crippen LogP contribution in [-0.4, -0.2) is 68.6 Å². The van der Waals surface area contributed by atoms with Crippen LogP contribution < -0.4 is 15.9 Å². The Labute approximate surface area is 246 Å². The number of carbonyl (C=O) groups excluding carboxylic acids is 1.